The summed E-state index contributed by atoms with van der Waals surface area (Å²) in [5.74, 6) is 0.207. The van der Waals surface area contributed by atoms with E-state index in [2.05, 4.69) is 410 Å². The van der Waals surface area contributed by atoms with Crippen molar-refractivity contribution in [2.75, 3.05) is 0 Å². The molecule has 0 heteroatoms. The standard InChI is InChI=1S/2C18H30.C15H24.2C14H22.C13H20/c1-16(2,3)13-10-14(17(4,5)6)12-15(11-13)18(7,8)9;1-16(2,3)13-10-11-14(17(4,5)6)15(12-13)18(7,8)9;1-6-12(7-2)13-10-8-9-11-14(13)15(3,4)5;1-13(2,3)11-7-9-12(10-8-11)14(4,5)6;1-13(2,3)11-9-7-8-10-12(11)14(4,5)6;1-10(2)11-6-8-12(9-7-11)13(3,4)5/h2*10-12H,1-9H3;8-12H,6-7H2,1-5H3;2*7-10H,1-6H3;6-10H,1-5H3/i;;12D;;;. The minimum absolute atomic E-state index is 0.118. The molecular formula is C92H148. The Morgan fingerprint density at radius 1 is 0.239 bits per heavy atom. The van der Waals surface area contributed by atoms with Gasteiger partial charge in [-0.1, -0.05) is 410 Å². The highest BCUT2D eigenvalue weighted by Crippen LogP contribution is 2.39. The summed E-state index contributed by atoms with van der Waals surface area (Å²) in [5.41, 5.74) is 22.5. The van der Waals surface area contributed by atoms with Gasteiger partial charge < -0.3 is 0 Å². The van der Waals surface area contributed by atoms with Gasteiger partial charge in [0.25, 0.3) is 0 Å². The summed E-state index contributed by atoms with van der Waals surface area (Å²) in [4.78, 5) is 0. The molecule has 516 valence electrons. The molecule has 0 aliphatic carbocycles. The van der Waals surface area contributed by atoms with Crippen LogP contribution >= 0.6 is 0 Å². The molecule has 0 bridgehead atoms. The van der Waals surface area contributed by atoms with Gasteiger partial charge in [-0.15, -0.1) is 0 Å². The van der Waals surface area contributed by atoms with Crippen LogP contribution in [0.5, 0.6) is 0 Å². The molecule has 0 spiro atoms. The molecule has 0 fully saturated rings. The number of hydrogen-bond donors (Lipinski definition) is 0. The number of rotatable bonds is 4. The SMILES string of the molecule is CC(C)(C)c1cc(C(C)(C)C)cc(C(C)(C)C)c1.CC(C)(C)c1ccc(C(C)(C)C)c(C(C)(C)C)c1.CC(C)(C)c1ccc(C(C)(C)C)cc1.CC(C)(C)c1ccccc1C(C)(C)C.CC(C)c1ccc(C(C)(C)C)cc1.[2H]C(CC)(CC)c1ccccc1C(C)(C)C. The van der Waals surface area contributed by atoms with Crippen molar-refractivity contribution in [3.8, 4) is 0 Å². The quantitative estimate of drug-likeness (QED) is 0.165. The molecule has 0 unspecified atom stereocenters. The van der Waals surface area contributed by atoms with E-state index in [0.717, 1.165) is 12.8 Å². The fourth-order valence-electron chi connectivity index (χ4n) is 10.9. The van der Waals surface area contributed by atoms with Crippen molar-refractivity contribution >= 4 is 0 Å². The van der Waals surface area contributed by atoms with E-state index in [1.165, 1.54) is 77.9 Å². The number of hydrogen-bond acceptors (Lipinski definition) is 0. The normalized spacial score (nSPS) is 13.3. The van der Waals surface area contributed by atoms with Crippen LogP contribution in [-0.2, 0) is 65.0 Å². The van der Waals surface area contributed by atoms with Crippen LogP contribution in [0.3, 0.4) is 0 Å². The molecule has 0 atom stereocenters. The first-order valence-corrected chi connectivity index (χ1v) is 35.6. The van der Waals surface area contributed by atoms with Gasteiger partial charge in [-0.2, -0.15) is 0 Å². The van der Waals surface area contributed by atoms with Gasteiger partial charge in [0.05, 0.1) is 0 Å². The van der Waals surface area contributed by atoms with Crippen LogP contribution in [0.15, 0.2) is 133 Å². The van der Waals surface area contributed by atoms with Crippen LogP contribution in [0.1, 0.15) is 381 Å². The second-order valence-electron chi connectivity index (χ2n) is 39.3. The Kier molecular flexibility index (Phi) is 29.4. The van der Waals surface area contributed by atoms with E-state index < -0.39 is 5.89 Å². The van der Waals surface area contributed by atoms with Crippen molar-refractivity contribution in [1.82, 2.24) is 0 Å². The highest BCUT2D eigenvalue weighted by Gasteiger charge is 2.29. The van der Waals surface area contributed by atoms with Gasteiger partial charge in [-0.05, 0) is 168 Å². The fourth-order valence-corrected chi connectivity index (χ4v) is 10.9. The van der Waals surface area contributed by atoms with Crippen LogP contribution in [-0.4, -0.2) is 0 Å². The Morgan fingerprint density at radius 3 is 0.707 bits per heavy atom. The lowest BCUT2D eigenvalue weighted by molar-refractivity contribution is 0.523. The van der Waals surface area contributed by atoms with E-state index in [9.17, 15) is 0 Å². The predicted octanol–water partition coefficient (Wildman–Crippen LogP) is 28.7. The van der Waals surface area contributed by atoms with Gasteiger partial charge in [0, 0.05) is 1.37 Å². The molecule has 6 aromatic rings. The van der Waals surface area contributed by atoms with Crippen LogP contribution < -0.4 is 0 Å². The molecule has 0 saturated carbocycles. The van der Waals surface area contributed by atoms with Crippen molar-refractivity contribution in [1.29, 1.82) is 0 Å². The van der Waals surface area contributed by atoms with Gasteiger partial charge >= 0.3 is 0 Å². The van der Waals surface area contributed by atoms with Gasteiger partial charge in [-0.25, -0.2) is 0 Å². The summed E-state index contributed by atoms with van der Waals surface area (Å²) in [5, 5.41) is 0. The second kappa shape index (κ2) is 32.4. The minimum Gasteiger partial charge on any atom is -0.0648 e. The van der Waals surface area contributed by atoms with Crippen LogP contribution in [0.25, 0.3) is 0 Å². The highest BCUT2D eigenvalue weighted by atomic mass is 14.3. The van der Waals surface area contributed by atoms with Gasteiger partial charge in [-0.3, -0.25) is 0 Å². The van der Waals surface area contributed by atoms with Crippen molar-refractivity contribution in [2.45, 2.75) is 367 Å². The fraction of sp³-hybridized carbons (Fsp3) is 0.609. The van der Waals surface area contributed by atoms with Crippen molar-refractivity contribution < 1.29 is 1.37 Å². The van der Waals surface area contributed by atoms with Crippen molar-refractivity contribution in [2.24, 2.45) is 0 Å². The topological polar surface area (TPSA) is 0 Å². The molecule has 0 nitrogen and oxygen atoms in total. The van der Waals surface area contributed by atoms with Crippen molar-refractivity contribution in [3.63, 3.8) is 0 Å². The maximum Gasteiger partial charge on any atom is 0.0352 e. The molecule has 0 saturated heterocycles. The lowest BCUT2D eigenvalue weighted by Crippen LogP contribution is -2.23. The van der Waals surface area contributed by atoms with Gasteiger partial charge in [0.2, 0.25) is 0 Å². The predicted molar refractivity (Wildman–Crippen MR) is 420 cm³/mol. The average Bonchev–Trinajstić information content (AvgIpc) is 0.819. The summed E-state index contributed by atoms with van der Waals surface area (Å²) < 4.78 is 8.58. The summed E-state index contributed by atoms with van der Waals surface area (Å²) in [6.07, 6.45) is 1.74. The Bertz CT molecular complexity index is 3020. The molecule has 0 aromatic heterocycles. The molecule has 0 radical (unpaired) electrons. The number of benzene rings is 6. The highest BCUT2D eigenvalue weighted by molar-refractivity contribution is 5.44. The largest absolute Gasteiger partial charge is 0.0648 e. The van der Waals surface area contributed by atoms with E-state index >= 15 is 0 Å². The second-order valence-corrected chi connectivity index (χ2v) is 39.3. The first-order chi connectivity index (χ1) is 41.3. The Hall–Kier alpha value is -4.68. The minimum atomic E-state index is -0.427. The van der Waals surface area contributed by atoms with Gasteiger partial charge in [0.15, 0.2) is 0 Å². The molecule has 6 rings (SSSR count). The smallest absolute Gasteiger partial charge is 0.0352 e. The van der Waals surface area contributed by atoms with Crippen LogP contribution in [0, 0.1) is 0 Å². The maximum atomic E-state index is 8.58. The van der Waals surface area contributed by atoms with Crippen LogP contribution in [0.2, 0.25) is 0 Å². The van der Waals surface area contributed by atoms with Crippen molar-refractivity contribution in [3.05, 3.63) is 211 Å². The lowest BCUT2D eigenvalue weighted by Gasteiger charge is -2.32. The molecule has 0 aliphatic rings. The third-order valence-corrected chi connectivity index (χ3v) is 17.6. The molecule has 0 heterocycles. The summed E-state index contributed by atoms with van der Waals surface area (Å²) >= 11 is 0. The van der Waals surface area contributed by atoms with Gasteiger partial charge in [0.1, 0.15) is 0 Å². The molecule has 0 amide bonds. The summed E-state index contributed by atoms with van der Waals surface area (Å²) in [6.45, 7) is 90.5. The molecule has 6 aromatic carbocycles. The van der Waals surface area contributed by atoms with E-state index in [-0.39, 0.29) is 65.0 Å². The van der Waals surface area contributed by atoms with E-state index in [0.29, 0.717) is 5.92 Å². The molecular weight excluding hydrogens is 1110 g/mol. The zero-order valence-electron chi connectivity index (χ0n) is 69.2. The Labute approximate surface area is 576 Å². The lowest BCUT2D eigenvalue weighted by atomic mass is 9.73. The average molecular weight is 1260 g/mol. The maximum absolute atomic E-state index is 8.58. The summed E-state index contributed by atoms with van der Waals surface area (Å²) in [6, 6.07) is 49.4. The molecule has 92 heavy (non-hydrogen) atoms. The molecule has 0 N–H and O–H groups in total. The summed E-state index contributed by atoms with van der Waals surface area (Å²) in [7, 11) is 0. The zero-order valence-corrected chi connectivity index (χ0v) is 68.2. The van der Waals surface area contributed by atoms with E-state index in [4.69, 9.17) is 1.37 Å². The van der Waals surface area contributed by atoms with E-state index in [1.54, 1.807) is 0 Å². The third kappa shape index (κ3) is 28.3. The van der Waals surface area contributed by atoms with E-state index in [1.807, 2.05) is 0 Å². The Balaban J connectivity index is 0.000000560. The monoisotopic (exact) mass is 1250 g/mol. The zero-order chi connectivity index (χ0) is 73.1. The third-order valence-electron chi connectivity index (χ3n) is 17.6. The first kappa shape index (κ1) is 83.4. The van der Waals surface area contributed by atoms with Crippen LogP contribution in [0.4, 0.5) is 0 Å². The first-order valence-electron chi connectivity index (χ1n) is 36.1. The Morgan fingerprint density at radius 2 is 0.467 bits per heavy atom. The molecule has 0 aliphatic heterocycles.